The summed E-state index contributed by atoms with van der Waals surface area (Å²) in [6.45, 7) is 3.63. The third-order valence-electron chi connectivity index (χ3n) is 5.03. The molecule has 4 N–H and O–H groups in total. The zero-order chi connectivity index (χ0) is 21.9. The van der Waals surface area contributed by atoms with E-state index in [9.17, 15) is 5.11 Å². The van der Waals surface area contributed by atoms with Gasteiger partial charge in [-0.1, -0.05) is 18.2 Å². The number of quaternary nitrogens is 2. The Bertz CT molecular complexity index is 790. The van der Waals surface area contributed by atoms with E-state index in [1.807, 2.05) is 49.4 Å². The van der Waals surface area contributed by atoms with Gasteiger partial charge >= 0.3 is 0 Å². The number of benzene rings is 2. The fraction of sp³-hybridized carbons (Fsp3) is 0.417. The second kappa shape index (κ2) is 12.2. The van der Waals surface area contributed by atoms with Crippen LogP contribution in [-0.4, -0.2) is 59.2 Å². The molecule has 0 fully saturated rings. The molecule has 164 valence electrons. The minimum Gasteiger partial charge on any atom is -0.497 e. The molecule has 2 aromatic carbocycles. The van der Waals surface area contributed by atoms with Gasteiger partial charge in [0.25, 0.3) is 0 Å². The fourth-order valence-electron chi connectivity index (χ4n) is 3.35. The Kier molecular flexibility index (Phi) is 9.67. The smallest absolute Gasteiger partial charge is 0.162 e. The van der Waals surface area contributed by atoms with E-state index in [2.05, 4.69) is 31.5 Å². The average molecular weight is 417 g/mol. The van der Waals surface area contributed by atoms with Gasteiger partial charge in [0.15, 0.2) is 17.5 Å². The molecule has 6 nitrogen and oxygen atoms in total. The van der Waals surface area contributed by atoms with E-state index in [-0.39, 0.29) is 6.61 Å². The molecule has 6 heteroatoms. The molecular weight excluding hydrogens is 380 g/mol. The molecule has 0 amide bonds. The van der Waals surface area contributed by atoms with Gasteiger partial charge in [0.1, 0.15) is 31.5 Å². The van der Waals surface area contributed by atoms with Crippen molar-refractivity contribution < 1.29 is 29.5 Å². The van der Waals surface area contributed by atoms with E-state index < -0.39 is 6.10 Å². The topological polar surface area (TPSA) is 69.0 Å². The monoisotopic (exact) mass is 416 g/mol. The standard InChI is InChI=1S/C24H34N2O4/c1-6-7-18-8-13-23(24(14-18)29-5)30-17-20(27)15-25-16-22(26(2)3)19-9-11-21(28-4)12-10-19/h6-14,20,22,25,27H,15-17H2,1-5H3/p+2/b7-6+/t20-,22-/m0/s1. The van der Waals surface area contributed by atoms with Crippen LogP contribution in [0.1, 0.15) is 24.1 Å². The Morgan fingerprint density at radius 1 is 1.00 bits per heavy atom. The summed E-state index contributed by atoms with van der Waals surface area (Å²) in [5, 5.41) is 12.5. The van der Waals surface area contributed by atoms with Gasteiger partial charge < -0.3 is 29.5 Å². The quantitative estimate of drug-likeness (QED) is 0.482. The van der Waals surface area contributed by atoms with Crippen molar-refractivity contribution in [3.63, 3.8) is 0 Å². The number of nitrogens with two attached hydrogens (primary N) is 1. The van der Waals surface area contributed by atoms with Gasteiger partial charge in [-0.3, -0.25) is 0 Å². The molecular formula is C24H36N2O4+2. The Labute approximate surface area is 180 Å². The Balaban J connectivity index is 1.85. The van der Waals surface area contributed by atoms with E-state index in [1.165, 1.54) is 10.5 Å². The first-order valence-corrected chi connectivity index (χ1v) is 10.4. The molecule has 2 atom stereocenters. The highest BCUT2D eigenvalue weighted by atomic mass is 16.5. The number of aliphatic hydroxyl groups is 1. The summed E-state index contributed by atoms with van der Waals surface area (Å²) < 4.78 is 16.5. The maximum atomic E-state index is 10.4. The molecule has 2 rings (SSSR count). The maximum absolute atomic E-state index is 10.4. The van der Waals surface area contributed by atoms with Gasteiger partial charge in [-0.15, -0.1) is 0 Å². The summed E-state index contributed by atoms with van der Waals surface area (Å²) in [4.78, 5) is 1.34. The number of ether oxygens (including phenoxy) is 3. The molecule has 0 aliphatic carbocycles. The lowest BCUT2D eigenvalue weighted by Crippen LogP contribution is -3.09. The Morgan fingerprint density at radius 3 is 2.33 bits per heavy atom. The van der Waals surface area contributed by atoms with Crippen LogP contribution < -0.4 is 24.4 Å². The largest absolute Gasteiger partial charge is 0.497 e. The van der Waals surface area contributed by atoms with Crippen molar-refractivity contribution in [3.05, 3.63) is 59.7 Å². The lowest BCUT2D eigenvalue weighted by Gasteiger charge is -2.21. The first-order chi connectivity index (χ1) is 14.5. The first kappa shape index (κ1) is 23.7. The minimum absolute atomic E-state index is 0.220. The molecule has 0 aliphatic heterocycles. The molecule has 0 bridgehead atoms. The fourth-order valence-corrected chi connectivity index (χ4v) is 3.35. The molecule has 0 radical (unpaired) electrons. The molecule has 0 saturated carbocycles. The van der Waals surface area contributed by atoms with Crippen molar-refractivity contribution in [3.8, 4) is 17.2 Å². The highest BCUT2D eigenvalue weighted by molar-refractivity contribution is 5.55. The third-order valence-corrected chi connectivity index (χ3v) is 5.03. The van der Waals surface area contributed by atoms with Crippen LogP contribution in [-0.2, 0) is 0 Å². The second-order valence-corrected chi connectivity index (χ2v) is 7.54. The Hall–Kier alpha value is -2.54. The van der Waals surface area contributed by atoms with Gasteiger partial charge in [-0.2, -0.15) is 0 Å². The third kappa shape index (κ3) is 7.06. The second-order valence-electron chi connectivity index (χ2n) is 7.54. The van der Waals surface area contributed by atoms with E-state index in [4.69, 9.17) is 14.2 Å². The lowest BCUT2D eigenvalue weighted by atomic mass is 10.1. The highest BCUT2D eigenvalue weighted by Gasteiger charge is 2.21. The summed E-state index contributed by atoms with van der Waals surface area (Å²) in [7, 11) is 7.58. The van der Waals surface area contributed by atoms with Crippen LogP contribution in [0, 0.1) is 0 Å². The van der Waals surface area contributed by atoms with Crippen LogP contribution in [0.3, 0.4) is 0 Å². The number of allylic oxidation sites excluding steroid dienone is 1. The average Bonchev–Trinajstić information content (AvgIpc) is 2.75. The highest BCUT2D eigenvalue weighted by Crippen LogP contribution is 2.28. The molecule has 0 spiro atoms. The van der Waals surface area contributed by atoms with Crippen LogP contribution in [0.2, 0.25) is 0 Å². The van der Waals surface area contributed by atoms with Crippen molar-refractivity contribution >= 4 is 6.08 Å². The predicted molar refractivity (Wildman–Crippen MR) is 119 cm³/mol. The molecule has 0 aromatic heterocycles. The van der Waals surface area contributed by atoms with Crippen molar-refractivity contribution in [1.82, 2.24) is 0 Å². The summed E-state index contributed by atoms with van der Waals surface area (Å²) in [6, 6.07) is 14.3. The van der Waals surface area contributed by atoms with Crippen molar-refractivity contribution in [2.75, 3.05) is 48.0 Å². The number of methoxy groups -OCH3 is 2. The van der Waals surface area contributed by atoms with E-state index in [0.717, 1.165) is 17.9 Å². The zero-order valence-corrected chi connectivity index (χ0v) is 18.7. The van der Waals surface area contributed by atoms with Gasteiger partial charge in [-0.25, -0.2) is 0 Å². The normalized spacial score (nSPS) is 13.4. The molecule has 0 heterocycles. The summed E-state index contributed by atoms with van der Waals surface area (Å²) in [5.41, 5.74) is 2.30. The van der Waals surface area contributed by atoms with Crippen LogP contribution in [0.5, 0.6) is 17.2 Å². The lowest BCUT2D eigenvalue weighted by molar-refractivity contribution is -0.909. The Morgan fingerprint density at radius 2 is 1.73 bits per heavy atom. The number of hydrogen-bond acceptors (Lipinski definition) is 4. The van der Waals surface area contributed by atoms with E-state index >= 15 is 0 Å². The molecule has 30 heavy (non-hydrogen) atoms. The minimum atomic E-state index is -0.571. The zero-order valence-electron chi connectivity index (χ0n) is 18.7. The molecule has 0 saturated heterocycles. The maximum Gasteiger partial charge on any atom is 0.162 e. The van der Waals surface area contributed by atoms with Crippen molar-refractivity contribution in [1.29, 1.82) is 0 Å². The van der Waals surface area contributed by atoms with Gasteiger partial charge in [0.05, 0.1) is 28.3 Å². The summed E-state index contributed by atoms with van der Waals surface area (Å²) >= 11 is 0. The summed E-state index contributed by atoms with van der Waals surface area (Å²) in [6.07, 6.45) is 3.41. The number of nitrogens with one attached hydrogen (secondary N) is 1. The van der Waals surface area contributed by atoms with Crippen molar-refractivity contribution in [2.24, 2.45) is 0 Å². The van der Waals surface area contributed by atoms with Crippen LogP contribution in [0.15, 0.2) is 48.5 Å². The molecule has 2 aromatic rings. The number of likely N-dealkylation sites (N-methyl/N-ethyl adjacent to an activating group) is 1. The first-order valence-electron chi connectivity index (χ1n) is 10.4. The van der Waals surface area contributed by atoms with Gasteiger partial charge in [-0.05, 0) is 48.9 Å². The van der Waals surface area contributed by atoms with Gasteiger partial charge in [0, 0.05) is 5.56 Å². The molecule has 0 aliphatic rings. The van der Waals surface area contributed by atoms with Crippen LogP contribution in [0.4, 0.5) is 0 Å². The number of aliphatic hydroxyl groups excluding tert-OH is 1. The van der Waals surface area contributed by atoms with Gasteiger partial charge in [0.2, 0.25) is 0 Å². The molecule has 0 unspecified atom stereocenters. The SMILES string of the molecule is C/C=C/c1ccc(OC[C@@H](O)C[NH2+]C[C@@H](c2ccc(OC)cc2)[NH+](C)C)c(OC)c1. The van der Waals surface area contributed by atoms with E-state index in [1.54, 1.807) is 14.2 Å². The number of hydrogen-bond donors (Lipinski definition) is 3. The predicted octanol–water partition coefficient (Wildman–Crippen LogP) is 0.926. The van der Waals surface area contributed by atoms with Crippen LogP contribution in [0.25, 0.3) is 6.08 Å². The summed E-state index contributed by atoms with van der Waals surface area (Å²) in [5.74, 6) is 2.16. The van der Waals surface area contributed by atoms with Crippen molar-refractivity contribution in [2.45, 2.75) is 19.1 Å². The number of rotatable bonds is 12. The van der Waals surface area contributed by atoms with E-state index in [0.29, 0.717) is 24.1 Å². The van der Waals surface area contributed by atoms with Crippen LogP contribution >= 0.6 is 0 Å².